The summed E-state index contributed by atoms with van der Waals surface area (Å²) in [5.74, 6) is -0.556. The number of Topliss-reactive ketones (excluding diaryl/α,β-unsaturated/α-hetero) is 1. The van der Waals surface area contributed by atoms with E-state index in [1.54, 1.807) is 48.5 Å². The highest BCUT2D eigenvalue weighted by Crippen LogP contribution is 2.28. The van der Waals surface area contributed by atoms with E-state index in [1.807, 2.05) is 6.92 Å². The molecule has 3 aromatic rings. The normalized spacial score (nSPS) is 11.2. The molecule has 1 aromatic heterocycles. The summed E-state index contributed by atoms with van der Waals surface area (Å²) in [6.07, 6.45) is 0. The minimum atomic E-state index is -4.13. The van der Waals surface area contributed by atoms with Crippen LogP contribution in [0.4, 0.5) is 11.4 Å². The van der Waals surface area contributed by atoms with Gasteiger partial charge in [-0.2, -0.15) is 0 Å². The number of benzene rings is 2. The van der Waals surface area contributed by atoms with Gasteiger partial charge in [0.25, 0.3) is 10.0 Å². The molecule has 1 heterocycles. The molecule has 8 nitrogen and oxygen atoms in total. The fourth-order valence-electron chi connectivity index (χ4n) is 3.13. The van der Waals surface area contributed by atoms with Gasteiger partial charge in [0.05, 0.1) is 5.69 Å². The van der Waals surface area contributed by atoms with Crippen molar-refractivity contribution in [2.75, 3.05) is 16.2 Å². The Balaban J connectivity index is 1.96. The average molecular weight is 442 g/mol. The van der Waals surface area contributed by atoms with Gasteiger partial charge in [-0.1, -0.05) is 35.0 Å². The van der Waals surface area contributed by atoms with Gasteiger partial charge in [-0.3, -0.25) is 13.9 Å². The summed E-state index contributed by atoms with van der Waals surface area (Å²) >= 11 is 0. The third-order valence-corrected chi connectivity index (χ3v) is 6.70. The fourth-order valence-corrected chi connectivity index (χ4v) is 4.84. The Morgan fingerprint density at radius 1 is 1.06 bits per heavy atom. The molecule has 0 radical (unpaired) electrons. The number of nitrogens with one attached hydrogen (secondary N) is 1. The van der Waals surface area contributed by atoms with Crippen LogP contribution in [0.2, 0.25) is 0 Å². The molecule has 1 amide bonds. The minimum Gasteiger partial charge on any atom is -0.360 e. The van der Waals surface area contributed by atoms with Crippen molar-refractivity contribution in [1.82, 2.24) is 5.16 Å². The first-order chi connectivity index (χ1) is 14.6. The van der Waals surface area contributed by atoms with Crippen LogP contribution in [0, 0.1) is 20.8 Å². The Kier molecular flexibility index (Phi) is 6.26. The fraction of sp³-hybridized carbons (Fsp3) is 0.227. The lowest BCUT2D eigenvalue weighted by Crippen LogP contribution is -2.38. The second-order valence-electron chi connectivity index (χ2n) is 7.19. The lowest BCUT2D eigenvalue weighted by atomic mass is 10.1. The van der Waals surface area contributed by atoms with Crippen molar-refractivity contribution < 1.29 is 22.5 Å². The van der Waals surface area contributed by atoms with E-state index in [-0.39, 0.29) is 22.1 Å². The maximum Gasteiger partial charge on any atom is 0.270 e. The van der Waals surface area contributed by atoms with Gasteiger partial charge in [0, 0.05) is 11.3 Å². The van der Waals surface area contributed by atoms with Crippen molar-refractivity contribution in [3.05, 3.63) is 71.1 Å². The number of carbonyl (C=O) groups excluding carboxylic acids is 2. The SMILES string of the molecule is CC(=O)c1cccc(NC(=O)CN(c2ccc(C)cc2)S(=O)(=O)c2c(C)noc2C)c1. The largest absolute Gasteiger partial charge is 0.360 e. The van der Waals surface area contributed by atoms with Crippen molar-refractivity contribution in [3.8, 4) is 0 Å². The molecule has 0 atom stereocenters. The smallest absolute Gasteiger partial charge is 0.270 e. The molecule has 0 bridgehead atoms. The number of amides is 1. The van der Waals surface area contributed by atoms with Crippen LogP contribution >= 0.6 is 0 Å². The molecule has 162 valence electrons. The van der Waals surface area contributed by atoms with E-state index in [0.29, 0.717) is 16.9 Å². The summed E-state index contributed by atoms with van der Waals surface area (Å²) in [6.45, 7) is 5.87. The van der Waals surface area contributed by atoms with Crippen molar-refractivity contribution in [1.29, 1.82) is 0 Å². The first-order valence-corrected chi connectivity index (χ1v) is 11.0. The van der Waals surface area contributed by atoms with Gasteiger partial charge in [0.15, 0.2) is 16.4 Å². The van der Waals surface area contributed by atoms with Crippen LogP contribution in [-0.2, 0) is 14.8 Å². The molecule has 0 aliphatic rings. The molecule has 1 N–H and O–H groups in total. The summed E-state index contributed by atoms with van der Waals surface area (Å²) < 4.78 is 33.0. The minimum absolute atomic E-state index is 0.0700. The Hall–Kier alpha value is -3.46. The summed E-state index contributed by atoms with van der Waals surface area (Å²) in [4.78, 5) is 24.3. The number of sulfonamides is 1. The van der Waals surface area contributed by atoms with Gasteiger partial charge in [-0.25, -0.2) is 8.42 Å². The summed E-state index contributed by atoms with van der Waals surface area (Å²) in [6, 6.07) is 13.2. The molecule has 0 unspecified atom stereocenters. The van der Waals surface area contributed by atoms with Gasteiger partial charge in [0.1, 0.15) is 12.2 Å². The van der Waals surface area contributed by atoms with Crippen LogP contribution in [0.25, 0.3) is 0 Å². The summed E-state index contributed by atoms with van der Waals surface area (Å²) in [7, 11) is -4.13. The third-order valence-electron chi connectivity index (χ3n) is 4.68. The highest BCUT2D eigenvalue weighted by molar-refractivity contribution is 7.93. The van der Waals surface area contributed by atoms with Crippen LogP contribution in [0.5, 0.6) is 0 Å². The molecule has 0 aliphatic carbocycles. The van der Waals surface area contributed by atoms with E-state index in [9.17, 15) is 18.0 Å². The Bertz CT molecular complexity index is 1210. The standard InChI is InChI=1S/C22H23N3O5S/c1-14-8-10-20(11-9-14)25(31(28,29)22-15(2)24-30-17(22)4)13-21(27)23-19-7-5-6-18(12-19)16(3)26/h5-12H,13H2,1-4H3,(H,23,27). The number of anilines is 2. The van der Waals surface area contributed by atoms with Gasteiger partial charge in [-0.15, -0.1) is 0 Å². The molecular formula is C22H23N3O5S. The van der Waals surface area contributed by atoms with Gasteiger partial charge >= 0.3 is 0 Å². The number of hydrogen-bond acceptors (Lipinski definition) is 6. The molecule has 0 aliphatic heterocycles. The van der Waals surface area contributed by atoms with Crippen LogP contribution in [0.3, 0.4) is 0 Å². The number of hydrogen-bond donors (Lipinski definition) is 1. The number of carbonyl (C=O) groups is 2. The number of nitrogens with zero attached hydrogens (tertiary/aromatic N) is 2. The summed E-state index contributed by atoms with van der Waals surface area (Å²) in [5.41, 5.74) is 2.33. The highest BCUT2D eigenvalue weighted by atomic mass is 32.2. The molecule has 0 fully saturated rings. The maximum absolute atomic E-state index is 13.5. The predicted molar refractivity (Wildman–Crippen MR) is 117 cm³/mol. The zero-order chi connectivity index (χ0) is 22.8. The average Bonchev–Trinajstić information content (AvgIpc) is 3.06. The molecule has 3 rings (SSSR count). The number of rotatable bonds is 7. The molecule has 0 saturated heterocycles. The van der Waals surface area contributed by atoms with Crippen LogP contribution in [0.15, 0.2) is 57.9 Å². The van der Waals surface area contributed by atoms with Crippen molar-refractivity contribution in [3.63, 3.8) is 0 Å². The third kappa shape index (κ3) is 4.83. The van der Waals surface area contributed by atoms with Crippen LogP contribution in [0.1, 0.15) is 34.3 Å². The number of aryl methyl sites for hydroxylation is 3. The van der Waals surface area contributed by atoms with Crippen LogP contribution < -0.4 is 9.62 Å². The van der Waals surface area contributed by atoms with Gasteiger partial charge < -0.3 is 9.84 Å². The Morgan fingerprint density at radius 2 is 1.74 bits per heavy atom. The molecule has 0 saturated carbocycles. The van der Waals surface area contributed by atoms with Gasteiger partial charge in [0.2, 0.25) is 5.91 Å². The monoisotopic (exact) mass is 441 g/mol. The maximum atomic E-state index is 13.5. The van der Waals surface area contributed by atoms with Crippen molar-refractivity contribution >= 4 is 33.1 Å². The lowest BCUT2D eigenvalue weighted by Gasteiger charge is -2.24. The molecule has 2 aromatic carbocycles. The van der Waals surface area contributed by atoms with Crippen molar-refractivity contribution in [2.24, 2.45) is 0 Å². The lowest BCUT2D eigenvalue weighted by molar-refractivity contribution is -0.114. The zero-order valence-electron chi connectivity index (χ0n) is 17.7. The zero-order valence-corrected chi connectivity index (χ0v) is 18.5. The van der Waals surface area contributed by atoms with E-state index in [2.05, 4.69) is 10.5 Å². The first-order valence-electron chi connectivity index (χ1n) is 9.52. The van der Waals surface area contributed by atoms with Crippen molar-refractivity contribution in [2.45, 2.75) is 32.6 Å². The van der Waals surface area contributed by atoms with E-state index in [4.69, 9.17) is 4.52 Å². The van der Waals surface area contributed by atoms with E-state index in [1.165, 1.54) is 20.8 Å². The first kappa shape index (κ1) is 22.2. The molecular weight excluding hydrogens is 418 g/mol. The second-order valence-corrected chi connectivity index (χ2v) is 8.98. The second kappa shape index (κ2) is 8.73. The van der Waals surface area contributed by atoms with E-state index >= 15 is 0 Å². The Morgan fingerprint density at radius 3 is 2.32 bits per heavy atom. The summed E-state index contributed by atoms with van der Waals surface area (Å²) in [5, 5.41) is 6.39. The predicted octanol–water partition coefficient (Wildman–Crippen LogP) is 3.64. The van der Waals surface area contributed by atoms with Gasteiger partial charge in [-0.05, 0) is 52.0 Å². The molecule has 9 heteroatoms. The number of aromatic nitrogens is 1. The Labute approximate surface area is 180 Å². The quantitative estimate of drug-likeness (QED) is 0.561. The van der Waals surface area contributed by atoms with E-state index in [0.717, 1.165) is 9.87 Å². The number of ketones is 1. The topological polar surface area (TPSA) is 110 Å². The van der Waals surface area contributed by atoms with Crippen LogP contribution in [-0.4, -0.2) is 31.8 Å². The van der Waals surface area contributed by atoms with E-state index < -0.39 is 22.5 Å². The molecule has 0 spiro atoms. The molecule has 31 heavy (non-hydrogen) atoms. The highest BCUT2D eigenvalue weighted by Gasteiger charge is 2.32.